The molecule has 0 amide bonds. The van der Waals surface area contributed by atoms with Crippen LogP contribution in [0.4, 0.5) is 5.82 Å². The first kappa shape index (κ1) is 12.0. The molecule has 0 aliphatic carbocycles. The highest BCUT2D eigenvalue weighted by Crippen LogP contribution is 2.28. The lowest BCUT2D eigenvalue weighted by Crippen LogP contribution is -1.98. The summed E-state index contributed by atoms with van der Waals surface area (Å²) >= 11 is 1.81. The summed E-state index contributed by atoms with van der Waals surface area (Å²) in [6.07, 6.45) is 1.94. The fraction of sp³-hybridized carbons (Fsp3) is 0.133. The normalized spacial score (nSPS) is 10.6. The standard InChI is InChI=1S/C15H15N3S/c1-18-10-9-15(17-18)16-11-13-7-8-14(19-13)12-5-3-2-4-6-12/h2-10H,11H2,1H3,(H,16,17). The SMILES string of the molecule is Cn1ccc(NCc2ccc(-c3ccccc3)s2)n1. The van der Waals surface area contributed by atoms with Crippen molar-refractivity contribution in [2.75, 3.05) is 5.32 Å². The zero-order valence-electron chi connectivity index (χ0n) is 10.7. The molecule has 0 saturated carbocycles. The van der Waals surface area contributed by atoms with E-state index in [-0.39, 0.29) is 0 Å². The maximum absolute atomic E-state index is 4.30. The molecule has 0 aliphatic rings. The first-order valence-electron chi connectivity index (χ1n) is 6.19. The lowest BCUT2D eigenvalue weighted by molar-refractivity contribution is 0.768. The van der Waals surface area contributed by atoms with Gasteiger partial charge in [0.1, 0.15) is 5.82 Å². The van der Waals surface area contributed by atoms with Gasteiger partial charge in [-0.3, -0.25) is 4.68 Å². The van der Waals surface area contributed by atoms with Crippen molar-refractivity contribution in [3.8, 4) is 10.4 Å². The minimum Gasteiger partial charge on any atom is -0.364 e. The van der Waals surface area contributed by atoms with Gasteiger partial charge in [-0.25, -0.2) is 0 Å². The number of aromatic nitrogens is 2. The fourth-order valence-electron chi connectivity index (χ4n) is 1.92. The third-order valence-electron chi connectivity index (χ3n) is 2.88. The van der Waals surface area contributed by atoms with Gasteiger partial charge in [-0.05, 0) is 17.7 Å². The number of benzene rings is 1. The Morgan fingerprint density at radius 3 is 2.68 bits per heavy atom. The highest BCUT2D eigenvalue weighted by Gasteiger charge is 2.03. The van der Waals surface area contributed by atoms with Crippen molar-refractivity contribution < 1.29 is 0 Å². The molecule has 4 heteroatoms. The Kier molecular flexibility index (Phi) is 3.33. The molecular weight excluding hydrogens is 254 g/mol. The van der Waals surface area contributed by atoms with E-state index in [1.165, 1.54) is 15.3 Å². The van der Waals surface area contributed by atoms with Gasteiger partial charge < -0.3 is 5.32 Å². The molecular formula is C15H15N3S. The van der Waals surface area contributed by atoms with Crippen molar-refractivity contribution in [3.63, 3.8) is 0 Å². The molecule has 0 atom stereocenters. The summed E-state index contributed by atoms with van der Waals surface area (Å²) in [6.45, 7) is 0.814. The lowest BCUT2D eigenvalue weighted by Gasteiger charge is -1.99. The molecule has 0 unspecified atom stereocenters. The Morgan fingerprint density at radius 2 is 1.95 bits per heavy atom. The first-order valence-corrected chi connectivity index (χ1v) is 7.00. The van der Waals surface area contributed by atoms with E-state index >= 15 is 0 Å². The van der Waals surface area contributed by atoms with Crippen LogP contribution < -0.4 is 5.32 Å². The molecule has 0 saturated heterocycles. The molecule has 2 heterocycles. The van der Waals surface area contributed by atoms with Crippen molar-refractivity contribution in [2.24, 2.45) is 7.05 Å². The van der Waals surface area contributed by atoms with Crippen LogP contribution in [0.5, 0.6) is 0 Å². The van der Waals surface area contributed by atoms with Crippen LogP contribution in [-0.4, -0.2) is 9.78 Å². The van der Waals surface area contributed by atoms with Gasteiger partial charge in [0.05, 0.1) is 6.54 Å². The van der Waals surface area contributed by atoms with Crippen molar-refractivity contribution >= 4 is 17.2 Å². The maximum atomic E-state index is 4.30. The van der Waals surface area contributed by atoms with E-state index in [4.69, 9.17) is 0 Å². The first-order chi connectivity index (χ1) is 9.31. The number of hydrogen-bond donors (Lipinski definition) is 1. The summed E-state index contributed by atoms with van der Waals surface area (Å²) < 4.78 is 1.80. The van der Waals surface area contributed by atoms with Gasteiger partial charge in [-0.1, -0.05) is 30.3 Å². The molecule has 0 aliphatic heterocycles. The molecule has 96 valence electrons. The Hall–Kier alpha value is -2.07. The van der Waals surface area contributed by atoms with E-state index in [0.29, 0.717) is 0 Å². The molecule has 3 rings (SSSR count). The van der Waals surface area contributed by atoms with Gasteiger partial charge in [0.15, 0.2) is 0 Å². The van der Waals surface area contributed by atoms with E-state index < -0.39 is 0 Å². The fourth-order valence-corrected chi connectivity index (χ4v) is 2.87. The summed E-state index contributed by atoms with van der Waals surface area (Å²) in [4.78, 5) is 2.61. The smallest absolute Gasteiger partial charge is 0.148 e. The Bertz CT molecular complexity index is 655. The van der Waals surface area contributed by atoms with Crippen molar-refractivity contribution in [1.82, 2.24) is 9.78 Å². The van der Waals surface area contributed by atoms with Crippen LogP contribution in [0.3, 0.4) is 0 Å². The minimum atomic E-state index is 0.814. The van der Waals surface area contributed by atoms with E-state index in [9.17, 15) is 0 Å². The van der Waals surface area contributed by atoms with E-state index in [1.54, 1.807) is 4.68 Å². The molecule has 19 heavy (non-hydrogen) atoms. The predicted octanol–water partition coefficient (Wildman–Crippen LogP) is 3.76. The molecule has 3 nitrogen and oxygen atoms in total. The largest absolute Gasteiger partial charge is 0.364 e. The van der Waals surface area contributed by atoms with Gasteiger partial charge in [0, 0.05) is 29.1 Å². The summed E-state index contributed by atoms with van der Waals surface area (Å²) in [5.41, 5.74) is 1.27. The second kappa shape index (κ2) is 5.28. The summed E-state index contributed by atoms with van der Waals surface area (Å²) in [6, 6.07) is 16.8. The Morgan fingerprint density at radius 1 is 1.11 bits per heavy atom. The molecule has 0 bridgehead atoms. The third-order valence-corrected chi connectivity index (χ3v) is 4.01. The number of rotatable bonds is 4. The van der Waals surface area contributed by atoms with Crippen LogP contribution in [0.1, 0.15) is 4.88 Å². The highest BCUT2D eigenvalue weighted by molar-refractivity contribution is 7.15. The maximum Gasteiger partial charge on any atom is 0.148 e. The highest BCUT2D eigenvalue weighted by atomic mass is 32.1. The van der Waals surface area contributed by atoms with Crippen LogP contribution >= 0.6 is 11.3 Å². The summed E-state index contributed by atoms with van der Waals surface area (Å²) in [7, 11) is 1.92. The van der Waals surface area contributed by atoms with Crippen LogP contribution in [0.2, 0.25) is 0 Å². The Labute approximate surface area is 116 Å². The number of aryl methyl sites for hydroxylation is 1. The van der Waals surface area contributed by atoms with E-state index in [2.05, 4.69) is 46.8 Å². The molecule has 1 N–H and O–H groups in total. The van der Waals surface area contributed by atoms with Crippen LogP contribution in [0.15, 0.2) is 54.7 Å². The van der Waals surface area contributed by atoms with Crippen LogP contribution in [0, 0.1) is 0 Å². The number of nitrogens with zero attached hydrogens (tertiary/aromatic N) is 2. The van der Waals surface area contributed by atoms with Crippen molar-refractivity contribution in [3.05, 3.63) is 59.6 Å². The zero-order valence-corrected chi connectivity index (χ0v) is 11.5. The predicted molar refractivity (Wildman–Crippen MR) is 80.3 cm³/mol. The van der Waals surface area contributed by atoms with Crippen LogP contribution in [-0.2, 0) is 13.6 Å². The number of nitrogens with one attached hydrogen (secondary N) is 1. The average molecular weight is 269 g/mol. The van der Waals surface area contributed by atoms with Crippen LogP contribution in [0.25, 0.3) is 10.4 Å². The number of hydrogen-bond acceptors (Lipinski definition) is 3. The van der Waals surface area contributed by atoms with Gasteiger partial charge in [0.25, 0.3) is 0 Å². The number of anilines is 1. The van der Waals surface area contributed by atoms with Crippen molar-refractivity contribution in [1.29, 1.82) is 0 Å². The van der Waals surface area contributed by atoms with Gasteiger partial charge in [-0.15, -0.1) is 11.3 Å². The second-order valence-electron chi connectivity index (χ2n) is 4.36. The van der Waals surface area contributed by atoms with Gasteiger partial charge >= 0.3 is 0 Å². The van der Waals surface area contributed by atoms with E-state index in [1.807, 2.05) is 36.7 Å². The molecule has 3 aromatic rings. The molecule has 0 spiro atoms. The van der Waals surface area contributed by atoms with Crippen molar-refractivity contribution in [2.45, 2.75) is 6.54 Å². The summed E-state index contributed by atoms with van der Waals surface area (Å²) in [5.74, 6) is 0.914. The zero-order chi connectivity index (χ0) is 13.1. The lowest BCUT2D eigenvalue weighted by atomic mass is 10.2. The number of thiophene rings is 1. The van der Waals surface area contributed by atoms with Gasteiger partial charge in [-0.2, -0.15) is 5.10 Å². The molecule has 1 aromatic carbocycles. The molecule has 0 fully saturated rings. The Balaban J connectivity index is 1.68. The second-order valence-corrected chi connectivity index (χ2v) is 5.53. The third kappa shape index (κ3) is 2.85. The average Bonchev–Trinajstić information content (AvgIpc) is 3.06. The minimum absolute atomic E-state index is 0.814. The van der Waals surface area contributed by atoms with E-state index in [0.717, 1.165) is 12.4 Å². The topological polar surface area (TPSA) is 29.9 Å². The molecule has 2 aromatic heterocycles. The summed E-state index contributed by atoms with van der Waals surface area (Å²) in [5, 5.41) is 7.63. The van der Waals surface area contributed by atoms with Gasteiger partial charge in [0.2, 0.25) is 0 Å². The molecule has 0 radical (unpaired) electrons. The monoisotopic (exact) mass is 269 g/mol. The quantitative estimate of drug-likeness (QED) is 0.781.